The lowest BCUT2D eigenvalue weighted by Gasteiger charge is -2.15. The summed E-state index contributed by atoms with van der Waals surface area (Å²) in [5.41, 5.74) is 0.685. The lowest BCUT2D eigenvalue weighted by Crippen LogP contribution is -2.22. The molecule has 0 radical (unpaired) electrons. The van der Waals surface area contributed by atoms with Crippen molar-refractivity contribution in [3.05, 3.63) is 34.6 Å². The van der Waals surface area contributed by atoms with E-state index >= 15 is 0 Å². The number of nitrogens with one attached hydrogen (secondary N) is 1. The van der Waals surface area contributed by atoms with Crippen LogP contribution in [0.3, 0.4) is 0 Å². The predicted molar refractivity (Wildman–Crippen MR) is 75.8 cm³/mol. The van der Waals surface area contributed by atoms with E-state index in [1.807, 2.05) is 13.8 Å². The lowest BCUT2D eigenvalue weighted by atomic mass is 10.2. The number of anilines is 1. The Morgan fingerprint density at radius 2 is 2.25 bits per heavy atom. The van der Waals surface area contributed by atoms with E-state index < -0.39 is 4.92 Å². The number of fused-ring (bicyclic) bond motifs is 1. The van der Waals surface area contributed by atoms with Crippen molar-refractivity contribution >= 4 is 22.4 Å². The quantitative estimate of drug-likeness (QED) is 0.643. The molecular weight excluding hydrogens is 260 g/mol. The molecule has 0 aliphatic rings. The van der Waals surface area contributed by atoms with Gasteiger partial charge in [-0.25, -0.2) is 9.97 Å². The van der Waals surface area contributed by atoms with Gasteiger partial charge in [-0.2, -0.15) is 0 Å². The Hall–Kier alpha value is -2.28. The highest BCUT2D eigenvalue weighted by Crippen LogP contribution is 2.24. The zero-order valence-corrected chi connectivity index (χ0v) is 11.4. The number of ether oxygens (including phenoxy) is 1. The molecule has 0 aliphatic carbocycles. The number of hydrogen-bond acceptors (Lipinski definition) is 6. The zero-order chi connectivity index (χ0) is 14.5. The molecule has 2 rings (SSSR count). The van der Waals surface area contributed by atoms with Gasteiger partial charge < -0.3 is 10.1 Å². The van der Waals surface area contributed by atoms with Crippen molar-refractivity contribution in [1.29, 1.82) is 0 Å². The van der Waals surface area contributed by atoms with Crippen LogP contribution in [-0.2, 0) is 4.74 Å². The van der Waals surface area contributed by atoms with Crippen molar-refractivity contribution in [2.24, 2.45) is 0 Å². The molecule has 0 amide bonds. The lowest BCUT2D eigenvalue weighted by molar-refractivity contribution is -0.384. The van der Waals surface area contributed by atoms with Crippen LogP contribution in [0.2, 0.25) is 0 Å². The first-order chi connectivity index (χ1) is 9.61. The summed E-state index contributed by atoms with van der Waals surface area (Å²) in [5, 5.41) is 14.7. The summed E-state index contributed by atoms with van der Waals surface area (Å²) >= 11 is 0. The van der Waals surface area contributed by atoms with Crippen LogP contribution < -0.4 is 5.32 Å². The van der Waals surface area contributed by atoms with Gasteiger partial charge in [-0.3, -0.25) is 10.1 Å². The fraction of sp³-hybridized carbons (Fsp3) is 0.385. The molecule has 20 heavy (non-hydrogen) atoms. The predicted octanol–water partition coefficient (Wildman–Crippen LogP) is 2.37. The van der Waals surface area contributed by atoms with E-state index in [4.69, 9.17) is 4.74 Å². The molecule has 0 saturated heterocycles. The molecule has 106 valence electrons. The number of aromatic nitrogens is 2. The molecule has 0 saturated carbocycles. The van der Waals surface area contributed by atoms with Crippen molar-refractivity contribution in [3.63, 3.8) is 0 Å². The van der Waals surface area contributed by atoms with E-state index in [0.29, 0.717) is 29.9 Å². The van der Waals surface area contributed by atoms with Gasteiger partial charge in [0.15, 0.2) is 0 Å². The summed E-state index contributed by atoms with van der Waals surface area (Å²) in [6.45, 7) is 5.07. The largest absolute Gasteiger partial charge is 0.380 e. The molecule has 1 N–H and O–H groups in total. The minimum absolute atomic E-state index is 0.0211. The van der Waals surface area contributed by atoms with Crippen LogP contribution in [0.5, 0.6) is 0 Å². The highest BCUT2D eigenvalue weighted by atomic mass is 16.6. The third-order valence-electron chi connectivity index (χ3n) is 2.78. The van der Waals surface area contributed by atoms with Gasteiger partial charge in [-0.1, -0.05) is 0 Å². The monoisotopic (exact) mass is 276 g/mol. The smallest absolute Gasteiger partial charge is 0.270 e. The van der Waals surface area contributed by atoms with Crippen LogP contribution in [0.4, 0.5) is 11.5 Å². The summed E-state index contributed by atoms with van der Waals surface area (Å²) in [6, 6.07) is 4.58. The van der Waals surface area contributed by atoms with Gasteiger partial charge >= 0.3 is 0 Å². The van der Waals surface area contributed by atoms with E-state index in [2.05, 4.69) is 15.3 Å². The first kappa shape index (κ1) is 14.1. The average molecular weight is 276 g/mol. The van der Waals surface area contributed by atoms with Gasteiger partial charge in [0.05, 0.1) is 17.0 Å². The SMILES string of the molecule is CCOCC(C)Nc1ncnc2ccc([N+](=O)[O-])cc12. The fourth-order valence-corrected chi connectivity index (χ4v) is 1.84. The second kappa shape index (κ2) is 6.25. The van der Waals surface area contributed by atoms with Crippen LogP contribution in [0, 0.1) is 10.1 Å². The topological polar surface area (TPSA) is 90.2 Å². The Morgan fingerprint density at radius 1 is 1.45 bits per heavy atom. The number of rotatable bonds is 6. The Bertz CT molecular complexity index is 618. The molecule has 2 aromatic rings. The van der Waals surface area contributed by atoms with Crippen LogP contribution in [0.1, 0.15) is 13.8 Å². The van der Waals surface area contributed by atoms with Crippen molar-refractivity contribution < 1.29 is 9.66 Å². The standard InChI is InChI=1S/C13H16N4O3/c1-3-20-7-9(2)16-13-11-6-10(17(18)19)4-5-12(11)14-8-15-13/h4-6,8-9H,3,7H2,1-2H3,(H,14,15,16). The molecule has 1 aromatic heterocycles. The van der Waals surface area contributed by atoms with E-state index in [1.165, 1.54) is 18.5 Å². The number of hydrogen-bond donors (Lipinski definition) is 1. The van der Waals surface area contributed by atoms with Crippen LogP contribution >= 0.6 is 0 Å². The summed E-state index contributed by atoms with van der Waals surface area (Å²) < 4.78 is 5.33. The Kier molecular flexibility index (Phi) is 4.41. The molecule has 1 unspecified atom stereocenters. The maximum Gasteiger partial charge on any atom is 0.270 e. The van der Waals surface area contributed by atoms with Gasteiger partial charge in [0, 0.05) is 30.2 Å². The molecule has 1 heterocycles. The van der Waals surface area contributed by atoms with Gasteiger partial charge in [-0.05, 0) is 19.9 Å². The second-order valence-electron chi connectivity index (χ2n) is 4.39. The Morgan fingerprint density at radius 3 is 2.95 bits per heavy atom. The van der Waals surface area contributed by atoms with Crippen LogP contribution in [-0.4, -0.2) is 34.1 Å². The van der Waals surface area contributed by atoms with E-state index in [1.54, 1.807) is 6.07 Å². The number of nitro groups is 1. The fourth-order valence-electron chi connectivity index (χ4n) is 1.84. The number of nitro benzene ring substituents is 1. The third kappa shape index (κ3) is 3.18. The minimum Gasteiger partial charge on any atom is -0.380 e. The Labute approximate surface area is 116 Å². The Balaban J connectivity index is 2.32. The first-order valence-electron chi connectivity index (χ1n) is 6.35. The number of benzene rings is 1. The molecule has 0 spiro atoms. The van der Waals surface area contributed by atoms with Gasteiger partial charge in [-0.15, -0.1) is 0 Å². The van der Waals surface area contributed by atoms with Gasteiger partial charge in [0.25, 0.3) is 5.69 Å². The number of nitrogens with zero attached hydrogens (tertiary/aromatic N) is 3. The second-order valence-corrected chi connectivity index (χ2v) is 4.39. The van der Waals surface area contributed by atoms with E-state index in [0.717, 1.165) is 0 Å². The van der Waals surface area contributed by atoms with Crippen molar-refractivity contribution in [1.82, 2.24) is 9.97 Å². The summed E-state index contributed by atoms with van der Waals surface area (Å²) in [5.74, 6) is 0.575. The first-order valence-corrected chi connectivity index (χ1v) is 6.35. The molecule has 0 fully saturated rings. The van der Waals surface area contributed by atoms with E-state index in [-0.39, 0.29) is 11.7 Å². The van der Waals surface area contributed by atoms with E-state index in [9.17, 15) is 10.1 Å². The minimum atomic E-state index is -0.431. The van der Waals surface area contributed by atoms with Crippen LogP contribution in [0.15, 0.2) is 24.5 Å². The van der Waals surface area contributed by atoms with Gasteiger partial charge in [0.2, 0.25) is 0 Å². The average Bonchev–Trinajstić information content (AvgIpc) is 2.45. The molecule has 0 bridgehead atoms. The molecule has 1 aromatic carbocycles. The molecule has 7 nitrogen and oxygen atoms in total. The maximum atomic E-state index is 10.8. The highest BCUT2D eigenvalue weighted by molar-refractivity contribution is 5.90. The van der Waals surface area contributed by atoms with Crippen molar-refractivity contribution in [3.8, 4) is 0 Å². The van der Waals surface area contributed by atoms with Gasteiger partial charge in [0.1, 0.15) is 12.1 Å². The summed E-state index contributed by atoms with van der Waals surface area (Å²) in [7, 11) is 0. The number of non-ortho nitro benzene ring substituents is 1. The third-order valence-corrected chi connectivity index (χ3v) is 2.78. The van der Waals surface area contributed by atoms with Crippen molar-refractivity contribution in [2.75, 3.05) is 18.5 Å². The normalized spacial score (nSPS) is 12.3. The maximum absolute atomic E-state index is 10.8. The van der Waals surface area contributed by atoms with Crippen molar-refractivity contribution in [2.45, 2.75) is 19.9 Å². The molecular formula is C13H16N4O3. The molecule has 0 aliphatic heterocycles. The molecule has 7 heteroatoms. The van der Waals surface area contributed by atoms with Crippen LogP contribution in [0.25, 0.3) is 10.9 Å². The zero-order valence-electron chi connectivity index (χ0n) is 11.4. The summed E-state index contributed by atoms with van der Waals surface area (Å²) in [6.07, 6.45) is 1.43. The summed E-state index contributed by atoms with van der Waals surface area (Å²) in [4.78, 5) is 18.7. The highest BCUT2D eigenvalue weighted by Gasteiger charge is 2.12. The molecule has 1 atom stereocenters.